The summed E-state index contributed by atoms with van der Waals surface area (Å²) in [6.07, 6.45) is 0.683. The van der Waals surface area contributed by atoms with E-state index in [1.165, 1.54) is 0 Å². The van der Waals surface area contributed by atoms with Crippen LogP contribution in [0.5, 0.6) is 5.75 Å². The Hall–Kier alpha value is -2.08. The van der Waals surface area contributed by atoms with Crippen LogP contribution in [0.1, 0.15) is 30.5 Å². The number of hydrazine groups is 1. The third kappa shape index (κ3) is 4.51. The van der Waals surface area contributed by atoms with Crippen LogP contribution in [0.25, 0.3) is 0 Å². The molecule has 0 radical (unpaired) electrons. The van der Waals surface area contributed by atoms with Gasteiger partial charge in [0, 0.05) is 17.6 Å². The third-order valence-electron chi connectivity index (χ3n) is 4.22. The Morgan fingerprint density at radius 2 is 1.96 bits per heavy atom. The first-order chi connectivity index (χ1) is 12.2. The highest BCUT2D eigenvalue weighted by molar-refractivity contribution is 6.31. The van der Waals surface area contributed by atoms with Crippen LogP contribution in [0.3, 0.4) is 0 Å². The fraction of sp³-hybridized carbons (Fsp3) is 0.316. The molecular weight excluding hydrogens is 338 g/mol. The smallest absolute Gasteiger partial charge is 0.238 e. The maximum Gasteiger partial charge on any atom is 0.238 e. The number of nitrogens with one attached hydrogen (secondary N) is 3. The van der Waals surface area contributed by atoms with Gasteiger partial charge in [-0.1, -0.05) is 41.9 Å². The fourth-order valence-electron chi connectivity index (χ4n) is 2.86. The summed E-state index contributed by atoms with van der Waals surface area (Å²) in [6.45, 7) is 3.03. The Morgan fingerprint density at radius 1 is 1.20 bits per heavy atom. The Balaban J connectivity index is 1.53. The molecule has 0 aromatic heterocycles. The van der Waals surface area contributed by atoms with Crippen molar-refractivity contribution in [2.75, 3.05) is 6.61 Å². The van der Waals surface area contributed by atoms with Crippen molar-refractivity contribution in [3.8, 4) is 5.75 Å². The first kappa shape index (κ1) is 17.7. The zero-order valence-electron chi connectivity index (χ0n) is 14.1. The van der Waals surface area contributed by atoms with Gasteiger partial charge in [-0.05, 0) is 42.7 Å². The highest BCUT2D eigenvalue weighted by Crippen LogP contribution is 2.24. The molecule has 1 amide bonds. The van der Waals surface area contributed by atoms with Gasteiger partial charge >= 0.3 is 0 Å². The quantitative estimate of drug-likeness (QED) is 0.742. The molecule has 0 aliphatic carbocycles. The highest BCUT2D eigenvalue weighted by Gasteiger charge is 2.29. The van der Waals surface area contributed by atoms with Gasteiger partial charge in [0.15, 0.2) is 0 Å². The number of ether oxygens (including phenoxy) is 1. The van der Waals surface area contributed by atoms with Crippen molar-refractivity contribution in [1.82, 2.24) is 16.2 Å². The normalized spacial score (nSPS) is 19.6. The number of amides is 1. The number of rotatable bonds is 6. The second-order valence-electron chi connectivity index (χ2n) is 5.94. The van der Waals surface area contributed by atoms with Crippen molar-refractivity contribution in [2.24, 2.45) is 0 Å². The average molecular weight is 360 g/mol. The van der Waals surface area contributed by atoms with Gasteiger partial charge in [-0.2, -0.15) is 0 Å². The van der Waals surface area contributed by atoms with E-state index in [2.05, 4.69) is 16.2 Å². The second kappa shape index (κ2) is 8.34. The van der Waals surface area contributed by atoms with Crippen LogP contribution in [-0.2, 0) is 11.3 Å². The Bertz CT molecular complexity index is 721. The second-order valence-corrected chi connectivity index (χ2v) is 6.35. The lowest BCUT2D eigenvalue weighted by Crippen LogP contribution is -2.42. The van der Waals surface area contributed by atoms with Crippen LogP contribution in [0.4, 0.5) is 0 Å². The molecule has 1 aliphatic rings. The number of halogens is 1. The van der Waals surface area contributed by atoms with Crippen molar-refractivity contribution >= 4 is 17.5 Å². The molecule has 2 aromatic rings. The summed E-state index contributed by atoms with van der Waals surface area (Å²) in [5, 5.41) is 3.59. The molecule has 25 heavy (non-hydrogen) atoms. The van der Waals surface area contributed by atoms with E-state index in [1.807, 2.05) is 55.5 Å². The third-order valence-corrected chi connectivity index (χ3v) is 4.59. The molecule has 1 saturated heterocycles. The molecule has 2 unspecified atom stereocenters. The zero-order valence-corrected chi connectivity index (χ0v) is 14.8. The van der Waals surface area contributed by atoms with Gasteiger partial charge < -0.3 is 10.1 Å². The number of hydrogen-bond donors (Lipinski definition) is 3. The molecule has 1 fully saturated rings. The topological polar surface area (TPSA) is 62.4 Å². The minimum absolute atomic E-state index is 0.0409. The molecule has 2 atom stereocenters. The number of carbonyl (C=O) groups excluding carboxylic acids is 1. The molecule has 132 valence electrons. The lowest BCUT2D eigenvalue weighted by Gasteiger charge is -2.12. The van der Waals surface area contributed by atoms with Gasteiger partial charge in [0.05, 0.1) is 6.61 Å². The summed E-state index contributed by atoms with van der Waals surface area (Å²) in [5.74, 6) is 0.812. The van der Waals surface area contributed by atoms with Crippen LogP contribution in [0.2, 0.25) is 5.02 Å². The van der Waals surface area contributed by atoms with E-state index < -0.39 is 0 Å². The number of hydrogen-bond acceptors (Lipinski definition) is 4. The lowest BCUT2D eigenvalue weighted by atomic mass is 10.0. The maximum absolute atomic E-state index is 12.4. The molecule has 1 aliphatic heterocycles. The molecule has 3 N–H and O–H groups in total. The average Bonchev–Trinajstić information content (AvgIpc) is 3.12. The van der Waals surface area contributed by atoms with Crippen molar-refractivity contribution in [1.29, 1.82) is 0 Å². The summed E-state index contributed by atoms with van der Waals surface area (Å²) in [4.78, 5) is 12.4. The van der Waals surface area contributed by atoms with E-state index in [-0.39, 0.29) is 18.0 Å². The van der Waals surface area contributed by atoms with Crippen LogP contribution >= 0.6 is 11.6 Å². The monoisotopic (exact) mass is 359 g/mol. The molecule has 1 heterocycles. The van der Waals surface area contributed by atoms with Crippen molar-refractivity contribution in [3.05, 3.63) is 64.7 Å². The standard InChI is InChI=1S/C19H22ClN3O2/c1-2-25-15-9-7-13(8-10-15)17-11-18(23-22-17)19(24)21-12-14-5-3-4-6-16(14)20/h3-10,17-18,22-23H,2,11-12H2,1H3,(H,21,24). The molecular formula is C19H22ClN3O2. The van der Waals surface area contributed by atoms with Crippen molar-refractivity contribution < 1.29 is 9.53 Å². The lowest BCUT2D eigenvalue weighted by molar-refractivity contribution is -0.123. The molecule has 2 aromatic carbocycles. The molecule has 6 heteroatoms. The minimum Gasteiger partial charge on any atom is -0.494 e. The van der Waals surface area contributed by atoms with Gasteiger partial charge in [-0.25, -0.2) is 10.9 Å². The predicted molar refractivity (Wildman–Crippen MR) is 98.3 cm³/mol. The Kier molecular flexibility index (Phi) is 5.91. The summed E-state index contributed by atoms with van der Waals surface area (Å²) < 4.78 is 5.46. The summed E-state index contributed by atoms with van der Waals surface area (Å²) >= 11 is 6.12. The van der Waals surface area contributed by atoms with E-state index >= 15 is 0 Å². The fourth-order valence-corrected chi connectivity index (χ4v) is 3.06. The minimum atomic E-state index is -0.279. The first-order valence-electron chi connectivity index (χ1n) is 8.42. The summed E-state index contributed by atoms with van der Waals surface area (Å²) in [7, 11) is 0. The van der Waals surface area contributed by atoms with Crippen LogP contribution in [-0.4, -0.2) is 18.6 Å². The van der Waals surface area contributed by atoms with E-state index in [4.69, 9.17) is 16.3 Å². The van der Waals surface area contributed by atoms with E-state index in [9.17, 15) is 4.79 Å². The number of benzene rings is 2. The highest BCUT2D eigenvalue weighted by atomic mass is 35.5. The van der Waals surface area contributed by atoms with Gasteiger partial charge in [-0.15, -0.1) is 0 Å². The van der Waals surface area contributed by atoms with E-state index in [0.29, 0.717) is 24.6 Å². The Labute approximate surface area is 152 Å². The molecule has 0 bridgehead atoms. The van der Waals surface area contributed by atoms with Gasteiger partial charge in [-0.3, -0.25) is 4.79 Å². The van der Waals surface area contributed by atoms with Gasteiger partial charge in [0.25, 0.3) is 0 Å². The zero-order chi connectivity index (χ0) is 17.6. The SMILES string of the molecule is CCOc1ccc(C2CC(C(=O)NCc3ccccc3Cl)NN2)cc1. The predicted octanol–water partition coefficient (Wildman–Crippen LogP) is 2.96. The summed E-state index contributed by atoms with van der Waals surface area (Å²) in [6, 6.07) is 15.3. The van der Waals surface area contributed by atoms with E-state index in [0.717, 1.165) is 16.9 Å². The molecule has 0 saturated carbocycles. The maximum atomic E-state index is 12.4. The molecule has 5 nitrogen and oxygen atoms in total. The summed E-state index contributed by atoms with van der Waals surface area (Å²) in [5.41, 5.74) is 8.29. The Morgan fingerprint density at radius 3 is 2.68 bits per heavy atom. The van der Waals surface area contributed by atoms with Crippen LogP contribution < -0.4 is 20.9 Å². The van der Waals surface area contributed by atoms with Gasteiger partial charge in [0.2, 0.25) is 5.91 Å². The van der Waals surface area contributed by atoms with Crippen LogP contribution in [0.15, 0.2) is 48.5 Å². The van der Waals surface area contributed by atoms with Crippen LogP contribution in [0, 0.1) is 0 Å². The van der Waals surface area contributed by atoms with Crippen molar-refractivity contribution in [3.63, 3.8) is 0 Å². The molecule has 3 rings (SSSR count). The molecule has 0 spiro atoms. The first-order valence-corrected chi connectivity index (χ1v) is 8.80. The van der Waals surface area contributed by atoms with Gasteiger partial charge in [0.1, 0.15) is 11.8 Å². The number of carbonyl (C=O) groups is 1. The van der Waals surface area contributed by atoms with E-state index in [1.54, 1.807) is 0 Å². The largest absolute Gasteiger partial charge is 0.494 e. The van der Waals surface area contributed by atoms with Crippen molar-refractivity contribution in [2.45, 2.75) is 32.0 Å².